The molecule has 0 radical (unpaired) electrons. The topological polar surface area (TPSA) is 83.9 Å². The third kappa shape index (κ3) is 4.29. The summed E-state index contributed by atoms with van der Waals surface area (Å²) in [5, 5.41) is 12.4. The van der Waals surface area contributed by atoms with E-state index in [1.807, 2.05) is 17.0 Å². The van der Waals surface area contributed by atoms with E-state index >= 15 is 0 Å². The maximum atomic E-state index is 13.1. The highest BCUT2D eigenvalue weighted by molar-refractivity contribution is 6.12. The first kappa shape index (κ1) is 21.1. The smallest absolute Gasteiger partial charge is 0.454 e. The Morgan fingerprint density at radius 2 is 1.94 bits per heavy atom. The Morgan fingerprint density at radius 3 is 2.70 bits per heavy atom. The molecular formula is C23H18F3N3O4. The summed E-state index contributed by atoms with van der Waals surface area (Å²) in [5.74, 6) is 0.0817. The summed E-state index contributed by atoms with van der Waals surface area (Å²) < 4.78 is 47.6. The van der Waals surface area contributed by atoms with Crippen molar-refractivity contribution < 1.29 is 32.5 Å². The molecule has 2 aliphatic heterocycles. The van der Waals surface area contributed by atoms with Gasteiger partial charge in [-0.3, -0.25) is 4.79 Å². The molecule has 3 aromatic rings. The van der Waals surface area contributed by atoms with Gasteiger partial charge in [0, 0.05) is 24.7 Å². The first-order chi connectivity index (χ1) is 15.8. The minimum absolute atomic E-state index is 0.0525. The molecule has 3 heterocycles. The molecule has 10 heteroatoms. The molecule has 2 aliphatic rings. The van der Waals surface area contributed by atoms with Crippen LogP contribution >= 0.6 is 0 Å². The molecule has 2 N–H and O–H groups in total. The van der Waals surface area contributed by atoms with Crippen molar-refractivity contribution in [3.05, 3.63) is 60.2 Å². The number of nitrogens with zero attached hydrogens (tertiary/aromatic N) is 2. The minimum Gasteiger partial charge on any atom is -0.454 e. The number of amides is 1. The number of rotatable bonds is 3. The van der Waals surface area contributed by atoms with Gasteiger partial charge in [-0.05, 0) is 36.8 Å². The molecule has 1 saturated heterocycles. The summed E-state index contributed by atoms with van der Waals surface area (Å²) in [7, 11) is 0. The van der Waals surface area contributed by atoms with E-state index in [0.717, 1.165) is 12.1 Å². The zero-order chi connectivity index (χ0) is 23.2. The van der Waals surface area contributed by atoms with Crippen molar-refractivity contribution in [2.24, 2.45) is 0 Å². The number of halogens is 3. The Labute approximate surface area is 186 Å². The zero-order valence-corrected chi connectivity index (χ0v) is 17.1. The zero-order valence-electron chi connectivity index (χ0n) is 17.1. The average Bonchev–Trinajstić information content (AvgIpc) is 3.14. The number of anilines is 2. The van der Waals surface area contributed by atoms with Gasteiger partial charge >= 0.3 is 6.36 Å². The van der Waals surface area contributed by atoms with Gasteiger partial charge in [0.25, 0.3) is 5.91 Å². The molecule has 1 aromatic heterocycles. The van der Waals surface area contributed by atoms with Gasteiger partial charge < -0.3 is 24.8 Å². The Balaban J connectivity index is 1.51. The van der Waals surface area contributed by atoms with Crippen LogP contribution in [0.5, 0.6) is 17.2 Å². The predicted molar refractivity (Wildman–Crippen MR) is 114 cm³/mol. The average molecular weight is 457 g/mol. The number of β-amino-alcohol motifs (C(OH)–C–C–N with tert-alkyl or cyclic N) is 1. The summed E-state index contributed by atoms with van der Waals surface area (Å²) in [6, 6.07) is 13.9. The second kappa shape index (κ2) is 7.96. The number of nitrogens with one attached hydrogen (secondary N) is 1. The monoisotopic (exact) mass is 457 g/mol. The van der Waals surface area contributed by atoms with Crippen LogP contribution < -0.4 is 19.7 Å². The molecule has 0 unspecified atom stereocenters. The Morgan fingerprint density at radius 1 is 1.12 bits per heavy atom. The van der Waals surface area contributed by atoms with E-state index in [-0.39, 0.29) is 22.7 Å². The van der Waals surface area contributed by atoms with Gasteiger partial charge in [-0.1, -0.05) is 18.2 Å². The fourth-order valence-electron chi connectivity index (χ4n) is 3.96. The summed E-state index contributed by atoms with van der Waals surface area (Å²) in [4.78, 5) is 19.8. The minimum atomic E-state index is -4.86. The number of aliphatic hydroxyl groups is 1. The number of carbonyl (C=O) groups is 1. The number of pyridine rings is 1. The highest BCUT2D eigenvalue weighted by Crippen LogP contribution is 2.41. The lowest BCUT2D eigenvalue weighted by atomic mass is 10.0. The summed E-state index contributed by atoms with van der Waals surface area (Å²) in [5.41, 5.74) is 1.29. The summed E-state index contributed by atoms with van der Waals surface area (Å²) >= 11 is 0. The van der Waals surface area contributed by atoms with Gasteiger partial charge in [0.2, 0.25) is 0 Å². The molecule has 1 fully saturated rings. The fourth-order valence-corrected chi connectivity index (χ4v) is 3.96. The van der Waals surface area contributed by atoms with E-state index < -0.39 is 24.1 Å². The third-order valence-corrected chi connectivity index (χ3v) is 5.40. The lowest BCUT2D eigenvalue weighted by molar-refractivity contribution is -0.274. The molecule has 0 bridgehead atoms. The van der Waals surface area contributed by atoms with Crippen LogP contribution in [0.4, 0.5) is 24.7 Å². The highest BCUT2D eigenvalue weighted by atomic mass is 19.4. The molecule has 1 atom stereocenters. The van der Waals surface area contributed by atoms with Crippen LogP contribution in [-0.4, -0.2) is 41.6 Å². The van der Waals surface area contributed by atoms with Crippen molar-refractivity contribution in [3.63, 3.8) is 0 Å². The van der Waals surface area contributed by atoms with Gasteiger partial charge in [-0.15, -0.1) is 13.2 Å². The van der Waals surface area contributed by atoms with Crippen LogP contribution in [0.3, 0.4) is 0 Å². The molecule has 5 rings (SSSR count). The molecule has 170 valence electrons. The Hall–Kier alpha value is -3.79. The van der Waals surface area contributed by atoms with Gasteiger partial charge in [-0.25, -0.2) is 4.98 Å². The SMILES string of the molecule is O=C1Nc2cc(OC(F)(F)F)ccc2Oc2cccc(-c3cccc(N4CC[C@H](O)C4)n3)c21. The molecule has 0 spiro atoms. The first-order valence-electron chi connectivity index (χ1n) is 10.2. The molecule has 1 amide bonds. The number of ether oxygens (including phenoxy) is 2. The molecule has 0 saturated carbocycles. The highest BCUT2D eigenvalue weighted by Gasteiger charge is 2.32. The van der Waals surface area contributed by atoms with Crippen molar-refractivity contribution in [2.45, 2.75) is 18.9 Å². The first-order valence-corrected chi connectivity index (χ1v) is 10.2. The van der Waals surface area contributed by atoms with E-state index in [4.69, 9.17) is 4.74 Å². The van der Waals surface area contributed by atoms with Crippen molar-refractivity contribution in [1.29, 1.82) is 0 Å². The molecule has 0 aliphatic carbocycles. The van der Waals surface area contributed by atoms with Crippen molar-refractivity contribution in [3.8, 4) is 28.5 Å². The second-order valence-electron chi connectivity index (χ2n) is 7.71. The number of carbonyl (C=O) groups excluding carboxylic acids is 1. The van der Waals surface area contributed by atoms with E-state index in [1.54, 1.807) is 24.3 Å². The number of hydrogen-bond acceptors (Lipinski definition) is 6. The lowest BCUT2D eigenvalue weighted by Gasteiger charge is -2.18. The van der Waals surface area contributed by atoms with Crippen LogP contribution in [0.2, 0.25) is 0 Å². The quantitative estimate of drug-likeness (QED) is 0.599. The van der Waals surface area contributed by atoms with E-state index in [2.05, 4.69) is 15.0 Å². The number of aliphatic hydroxyl groups excluding tert-OH is 1. The predicted octanol–water partition coefficient (Wildman–Crippen LogP) is 4.58. The molecular weight excluding hydrogens is 439 g/mol. The van der Waals surface area contributed by atoms with Crippen LogP contribution in [0.15, 0.2) is 54.6 Å². The number of alkyl halides is 3. The molecule has 33 heavy (non-hydrogen) atoms. The molecule has 2 aromatic carbocycles. The van der Waals surface area contributed by atoms with E-state index in [9.17, 15) is 23.1 Å². The number of hydrogen-bond donors (Lipinski definition) is 2. The fraction of sp³-hybridized carbons (Fsp3) is 0.217. The number of benzene rings is 2. The maximum Gasteiger partial charge on any atom is 0.573 e. The van der Waals surface area contributed by atoms with Gasteiger partial charge in [-0.2, -0.15) is 0 Å². The van der Waals surface area contributed by atoms with E-state index in [0.29, 0.717) is 36.6 Å². The largest absolute Gasteiger partial charge is 0.573 e. The van der Waals surface area contributed by atoms with Crippen LogP contribution in [0.25, 0.3) is 11.3 Å². The second-order valence-corrected chi connectivity index (χ2v) is 7.71. The standard InChI is InChI=1S/C23H18F3N3O4/c24-23(25,26)33-14-7-8-18-17(11-14)28-22(31)21-15(3-1-5-19(21)32-18)16-4-2-6-20(27-16)29-10-9-13(30)12-29/h1-8,11,13,30H,9-10,12H2,(H,28,31)/t13-/m0/s1. The van der Waals surface area contributed by atoms with E-state index in [1.165, 1.54) is 6.07 Å². The number of aromatic nitrogens is 1. The van der Waals surface area contributed by atoms with Gasteiger partial charge in [0.05, 0.1) is 23.0 Å². The van der Waals surface area contributed by atoms with Crippen LogP contribution in [-0.2, 0) is 0 Å². The Bertz CT molecular complexity index is 1230. The van der Waals surface area contributed by atoms with Gasteiger partial charge in [0.15, 0.2) is 5.75 Å². The third-order valence-electron chi connectivity index (χ3n) is 5.40. The normalized spacial score (nSPS) is 17.5. The van der Waals surface area contributed by atoms with Crippen LogP contribution in [0.1, 0.15) is 16.8 Å². The van der Waals surface area contributed by atoms with Crippen molar-refractivity contribution >= 4 is 17.4 Å². The van der Waals surface area contributed by atoms with Crippen molar-refractivity contribution in [2.75, 3.05) is 23.3 Å². The lowest BCUT2D eigenvalue weighted by Crippen LogP contribution is -2.22. The van der Waals surface area contributed by atoms with Crippen molar-refractivity contribution in [1.82, 2.24) is 4.98 Å². The van der Waals surface area contributed by atoms with Gasteiger partial charge in [0.1, 0.15) is 17.3 Å². The maximum absolute atomic E-state index is 13.1. The summed E-state index contributed by atoms with van der Waals surface area (Å²) in [6.45, 7) is 1.15. The summed E-state index contributed by atoms with van der Waals surface area (Å²) in [6.07, 6.45) is -4.61. The molecule has 7 nitrogen and oxygen atoms in total. The Kier molecular flexibility index (Phi) is 5.09. The van der Waals surface area contributed by atoms with Crippen LogP contribution in [0, 0.1) is 0 Å². The number of fused-ring (bicyclic) bond motifs is 2.